The molecular weight excluding hydrogens is 350 g/mol. The average molecular weight is 379 g/mol. The first-order valence-corrected chi connectivity index (χ1v) is 9.35. The lowest BCUT2D eigenvalue weighted by Gasteiger charge is -2.40. The molecule has 1 aliphatic rings. The van der Waals surface area contributed by atoms with Gasteiger partial charge in [-0.15, -0.1) is 0 Å². The zero-order chi connectivity index (χ0) is 20.6. The van der Waals surface area contributed by atoms with Gasteiger partial charge in [-0.05, 0) is 31.6 Å². The maximum atomic E-state index is 12.7. The Bertz CT molecular complexity index is 618. The van der Waals surface area contributed by atoms with Crippen molar-refractivity contribution in [3.63, 3.8) is 0 Å². The zero-order valence-corrected chi connectivity index (χ0v) is 16.6. The number of carbonyl (C=O) groups excluding carboxylic acids is 4. The molecule has 1 aliphatic carbocycles. The lowest BCUT2D eigenvalue weighted by molar-refractivity contribution is -0.152. The molecule has 0 radical (unpaired) electrons. The fourth-order valence-corrected chi connectivity index (χ4v) is 3.76. The van der Waals surface area contributed by atoms with Crippen molar-refractivity contribution in [1.29, 1.82) is 5.26 Å². The third-order valence-corrected chi connectivity index (χ3v) is 4.95. The van der Waals surface area contributed by atoms with Gasteiger partial charge in [0.2, 0.25) is 0 Å². The van der Waals surface area contributed by atoms with Gasteiger partial charge in [0, 0.05) is 25.2 Å². The number of carbonyl (C=O) groups is 4. The maximum absolute atomic E-state index is 12.7. The number of rotatable bonds is 9. The summed E-state index contributed by atoms with van der Waals surface area (Å²) in [5.41, 5.74) is -0.384. The zero-order valence-electron chi connectivity index (χ0n) is 16.6. The van der Waals surface area contributed by atoms with Gasteiger partial charge in [0.1, 0.15) is 17.5 Å². The lowest BCUT2D eigenvalue weighted by Crippen LogP contribution is -2.46. The third-order valence-electron chi connectivity index (χ3n) is 4.95. The van der Waals surface area contributed by atoms with Gasteiger partial charge in [-0.25, -0.2) is 0 Å². The number of ketones is 2. The molecule has 0 heterocycles. The molecular formula is C20H29NO6. The van der Waals surface area contributed by atoms with E-state index in [9.17, 15) is 24.4 Å². The van der Waals surface area contributed by atoms with E-state index in [1.54, 1.807) is 6.92 Å². The molecule has 0 bridgehead atoms. The van der Waals surface area contributed by atoms with Crippen molar-refractivity contribution in [2.75, 3.05) is 13.7 Å². The molecule has 1 rings (SSSR count). The molecule has 1 fully saturated rings. The van der Waals surface area contributed by atoms with Crippen molar-refractivity contribution in [3.8, 4) is 6.07 Å². The van der Waals surface area contributed by atoms with Crippen molar-refractivity contribution in [3.05, 3.63) is 0 Å². The summed E-state index contributed by atoms with van der Waals surface area (Å²) >= 11 is 0. The molecule has 0 aliphatic heterocycles. The summed E-state index contributed by atoms with van der Waals surface area (Å²) in [6.45, 7) is 5.57. The molecule has 0 saturated heterocycles. The van der Waals surface area contributed by atoms with Crippen LogP contribution < -0.4 is 0 Å². The standard InChI is InChI=1S/C20H29NO6/c1-5-27-19(25)14(12-21)13-10-20(2,3)11-16(23)18(13)15(22)8-6-7-9-17(24)26-4/h13-14,18H,5-11H2,1-4H3/t13-,14-,18+/m1/s1. The first-order chi connectivity index (χ1) is 12.7. The molecule has 27 heavy (non-hydrogen) atoms. The second-order valence-electron chi connectivity index (χ2n) is 7.76. The second kappa shape index (κ2) is 10.2. The number of nitrogens with zero attached hydrogens (tertiary/aromatic N) is 1. The molecule has 0 unspecified atom stereocenters. The Morgan fingerprint density at radius 2 is 1.89 bits per heavy atom. The Labute approximate surface area is 160 Å². The van der Waals surface area contributed by atoms with Crippen LogP contribution in [0.4, 0.5) is 0 Å². The van der Waals surface area contributed by atoms with E-state index in [0.29, 0.717) is 19.3 Å². The second-order valence-corrected chi connectivity index (χ2v) is 7.76. The minimum atomic E-state index is -1.14. The summed E-state index contributed by atoms with van der Waals surface area (Å²) in [7, 11) is 1.30. The molecule has 0 spiro atoms. The number of methoxy groups -OCH3 is 1. The van der Waals surface area contributed by atoms with Crippen LogP contribution in [0.25, 0.3) is 0 Å². The van der Waals surface area contributed by atoms with Gasteiger partial charge in [-0.2, -0.15) is 5.26 Å². The van der Waals surface area contributed by atoms with Crippen LogP contribution in [0.1, 0.15) is 59.3 Å². The van der Waals surface area contributed by atoms with Crippen molar-refractivity contribution in [2.24, 2.45) is 23.2 Å². The number of nitriles is 1. The minimum Gasteiger partial charge on any atom is -0.469 e. The van der Waals surface area contributed by atoms with E-state index in [0.717, 1.165) is 0 Å². The van der Waals surface area contributed by atoms with Crippen LogP contribution in [0, 0.1) is 34.5 Å². The fourth-order valence-electron chi connectivity index (χ4n) is 3.76. The van der Waals surface area contributed by atoms with Gasteiger partial charge in [0.05, 0.1) is 25.7 Å². The number of ether oxygens (including phenoxy) is 2. The maximum Gasteiger partial charge on any atom is 0.323 e. The van der Waals surface area contributed by atoms with Crippen molar-refractivity contribution >= 4 is 23.5 Å². The Hall–Kier alpha value is -2.23. The minimum absolute atomic E-state index is 0.130. The van der Waals surface area contributed by atoms with Crippen LogP contribution >= 0.6 is 0 Å². The van der Waals surface area contributed by atoms with Crippen LogP contribution in [-0.2, 0) is 28.7 Å². The van der Waals surface area contributed by atoms with Crippen LogP contribution in [0.5, 0.6) is 0 Å². The topological polar surface area (TPSA) is 111 Å². The predicted octanol–water partition coefficient (Wildman–Crippen LogP) is 2.61. The Kier molecular flexibility index (Phi) is 8.61. The summed E-state index contributed by atoms with van der Waals surface area (Å²) in [6, 6.07) is 1.95. The summed E-state index contributed by atoms with van der Waals surface area (Å²) in [5, 5.41) is 9.51. The molecule has 150 valence electrons. The number of esters is 2. The number of hydrogen-bond acceptors (Lipinski definition) is 7. The largest absolute Gasteiger partial charge is 0.469 e. The average Bonchev–Trinajstić information content (AvgIpc) is 2.57. The molecule has 7 nitrogen and oxygen atoms in total. The van der Waals surface area contributed by atoms with E-state index in [1.807, 2.05) is 19.9 Å². The van der Waals surface area contributed by atoms with Gasteiger partial charge in [0.25, 0.3) is 0 Å². The van der Waals surface area contributed by atoms with E-state index < -0.39 is 23.7 Å². The van der Waals surface area contributed by atoms with Crippen LogP contribution in [0.15, 0.2) is 0 Å². The van der Waals surface area contributed by atoms with Crippen LogP contribution in [0.3, 0.4) is 0 Å². The number of hydrogen-bond donors (Lipinski definition) is 0. The number of Topliss-reactive ketones (excluding diaryl/α,β-unsaturated/α-hetero) is 2. The highest BCUT2D eigenvalue weighted by Gasteiger charge is 2.49. The van der Waals surface area contributed by atoms with Crippen molar-refractivity contribution in [2.45, 2.75) is 59.3 Å². The highest BCUT2D eigenvalue weighted by Crippen LogP contribution is 2.44. The normalized spacial score (nSPS) is 22.4. The third kappa shape index (κ3) is 6.46. The quantitative estimate of drug-likeness (QED) is 0.344. The number of unbranched alkanes of at least 4 members (excludes halogenated alkanes) is 1. The van der Waals surface area contributed by atoms with Gasteiger partial charge in [0.15, 0.2) is 0 Å². The summed E-state index contributed by atoms with van der Waals surface area (Å²) in [4.78, 5) is 48.8. The van der Waals surface area contributed by atoms with Gasteiger partial charge in [-0.3, -0.25) is 19.2 Å². The highest BCUT2D eigenvalue weighted by atomic mass is 16.5. The SMILES string of the molecule is CCOC(=O)[C@H](C#N)[C@H]1CC(C)(C)CC(=O)[C@@H]1C(=O)CCCCC(=O)OC. The molecule has 0 aromatic carbocycles. The molecule has 0 aromatic rings. The highest BCUT2D eigenvalue weighted by molar-refractivity contribution is 6.04. The van der Waals surface area contributed by atoms with Crippen LogP contribution in [-0.4, -0.2) is 37.2 Å². The Morgan fingerprint density at radius 3 is 2.44 bits per heavy atom. The fraction of sp³-hybridized carbons (Fsp3) is 0.750. The van der Waals surface area contributed by atoms with E-state index in [1.165, 1.54) is 7.11 Å². The molecule has 1 saturated carbocycles. The summed E-state index contributed by atoms with van der Waals surface area (Å²) in [6.07, 6.45) is 1.94. The molecule has 0 amide bonds. The Balaban J connectivity index is 2.92. The van der Waals surface area contributed by atoms with Crippen molar-refractivity contribution < 1.29 is 28.7 Å². The monoisotopic (exact) mass is 379 g/mol. The van der Waals surface area contributed by atoms with Crippen molar-refractivity contribution in [1.82, 2.24) is 0 Å². The van der Waals surface area contributed by atoms with Crippen LogP contribution in [0.2, 0.25) is 0 Å². The molecule has 0 N–H and O–H groups in total. The Morgan fingerprint density at radius 1 is 1.26 bits per heavy atom. The summed E-state index contributed by atoms with van der Waals surface area (Å²) in [5.74, 6) is -4.31. The first kappa shape index (κ1) is 22.8. The predicted molar refractivity (Wildman–Crippen MR) is 96.2 cm³/mol. The van der Waals surface area contributed by atoms with Gasteiger partial charge in [-0.1, -0.05) is 13.8 Å². The van der Waals surface area contributed by atoms with E-state index in [2.05, 4.69) is 4.74 Å². The lowest BCUT2D eigenvalue weighted by atomic mass is 9.61. The van der Waals surface area contributed by atoms with Gasteiger partial charge < -0.3 is 9.47 Å². The smallest absolute Gasteiger partial charge is 0.323 e. The first-order valence-electron chi connectivity index (χ1n) is 9.35. The molecule has 0 aromatic heterocycles. The molecule has 7 heteroatoms. The van der Waals surface area contributed by atoms with Gasteiger partial charge >= 0.3 is 11.9 Å². The molecule has 3 atom stereocenters. The van der Waals surface area contributed by atoms with E-state index >= 15 is 0 Å². The summed E-state index contributed by atoms with van der Waals surface area (Å²) < 4.78 is 9.54. The van der Waals surface area contributed by atoms with E-state index in [4.69, 9.17) is 4.74 Å². The van der Waals surface area contributed by atoms with E-state index in [-0.39, 0.29) is 48.8 Å².